The van der Waals surface area contributed by atoms with Crippen molar-refractivity contribution in [2.24, 2.45) is 11.8 Å². The van der Waals surface area contributed by atoms with Crippen LogP contribution in [0.2, 0.25) is 0 Å². The van der Waals surface area contributed by atoms with E-state index in [-0.39, 0.29) is 11.8 Å². The van der Waals surface area contributed by atoms with Crippen LogP contribution in [0.1, 0.15) is 64.0 Å². The second-order valence-electron chi connectivity index (χ2n) is 8.11. The van der Waals surface area contributed by atoms with E-state index in [1.54, 1.807) is 4.90 Å². The van der Waals surface area contributed by atoms with Crippen LogP contribution in [0.5, 0.6) is 5.75 Å². The van der Waals surface area contributed by atoms with Gasteiger partial charge in [-0.15, -0.1) is 0 Å². The molecule has 146 valence electrons. The Balaban J connectivity index is 1.54. The average Bonchev–Trinajstić information content (AvgIpc) is 3.48. The quantitative estimate of drug-likeness (QED) is 0.715. The molecule has 0 radical (unpaired) electrons. The second-order valence-corrected chi connectivity index (χ2v) is 8.11. The molecule has 0 spiro atoms. The third-order valence-electron chi connectivity index (χ3n) is 6.08. The maximum Gasteiger partial charge on any atom is 0.231 e. The van der Waals surface area contributed by atoms with Crippen LogP contribution in [0, 0.1) is 11.8 Å². The molecule has 2 heterocycles. The lowest BCUT2D eigenvalue weighted by Crippen LogP contribution is -2.29. The summed E-state index contributed by atoms with van der Waals surface area (Å²) in [5.41, 5.74) is 1.78. The van der Waals surface area contributed by atoms with Crippen molar-refractivity contribution < 1.29 is 9.53 Å². The van der Waals surface area contributed by atoms with Gasteiger partial charge in [0.05, 0.1) is 12.3 Å². The lowest BCUT2D eigenvalue weighted by atomic mass is 9.87. The molecule has 0 saturated heterocycles. The number of carbonyl (C=O) groups excluding carboxylic acids is 1. The van der Waals surface area contributed by atoms with E-state index in [1.807, 2.05) is 29.8 Å². The summed E-state index contributed by atoms with van der Waals surface area (Å²) in [6.45, 7) is 2.83. The predicted molar refractivity (Wildman–Crippen MR) is 107 cm³/mol. The first-order valence-corrected chi connectivity index (χ1v) is 10.6. The largest absolute Gasteiger partial charge is 0.490 e. The van der Waals surface area contributed by atoms with Gasteiger partial charge in [-0.3, -0.25) is 14.1 Å². The summed E-state index contributed by atoms with van der Waals surface area (Å²) in [5, 5.41) is 0. The molecule has 2 aliphatic carbocycles. The highest BCUT2D eigenvalue weighted by molar-refractivity contribution is 5.96. The highest BCUT2D eigenvalue weighted by Gasteiger charge is 2.34. The molecule has 0 atom stereocenters. The predicted octanol–water partition coefficient (Wildman–Crippen LogP) is 4.62. The van der Waals surface area contributed by atoms with Crippen molar-refractivity contribution in [1.82, 2.24) is 9.38 Å². The summed E-state index contributed by atoms with van der Waals surface area (Å²) < 4.78 is 8.17. The van der Waals surface area contributed by atoms with Crippen molar-refractivity contribution in [3.05, 3.63) is 24.0 Å². The van der Waals surface area contributed by atoms with Crippen molar-refractivity contribution in [2.75, 3.05) is 18.6 Å². The molecule has 4 rings (SSSR count). The topological polar surface area (TPSA) is 46.8 Å². The van der Waals surface area contributed by atoms with E-state index in [4.69, 9.17) is 9.72 Å². The lowest BCUT2D eigenvalue weighted by Gasteiger charge is -2.21. The zero-order valence-corrected chi connectivity index (χ0v) is 16.6. The molecule has 2 aromatic heterocycles. The van der Waals surface area contributed by atoms with Crippen LogP contribution in [-0.2, 0) is 11.2 Å². The van der Waals surface area contributed by atoms with Gasteiger partial charge >= 0.3 is 0 Å². The average molecular weight is 370 g/mol. The first-order valence-electron chi connectivity index (χ1n) is 10.6. The van der Waals surface area contributed by atoms with Crippen LogP contribution < -0.4 is 9.64 Å². The number of imidazole rings is 1. The fourth-order valence-electron chi connectivity index (χ4n) is 4.30. The minimum Gasteiger partial charge on any atom is -0.490 e. The molecular weight excluding hydrogens is 338 g/mol. The Labute approximate surface area is 161 Å². The van der Waals surface area contributed by atoms with Gasteiger partial charge in [0, 0.05) is 19.2 Å². The zero-order chi connectivity index (χ0) is 18.8. The molecule has 0 aliphatic heterocycles. The molecule has 2 aliphatic rings. The van der Waals surface area contributed by atoms with E-state index in [0.29, 0.717) is 0 Å². The van der Waals surface area contributed by atoms with Gasteiger partial charge in [0.25, 0.3) is 0 Å². The number of amides is 1. The molecule has 1 amide bonds. The first kappa shape index (κ1) is 18.3. The summed E-state index contributed by atoms with van der Waals surface area (Å²) in [6.07, 6.45) is 12.7. The molecule has 0 unspecified atom stereocenters. The van der Waals surface area contributed by atoms with Crippen molar-refractivity contribution in [3.63, 3.8) is 0 Å². The van der Waals surface area contributed by atoms with Gasteiger partial charge in [-0.2, -0.15) is 0 Å². The zero-order valence-electron chi connectivity index (χ0n) is 16.6. The van der Waals surface area contributed by atoms with Crippen LogP contribution in [0.4, 0.5) is 5.82 Å². The fraction of sp³-hybridized carbons (Fsp3) is 0.636. The highest BCUT2D eigenvalue weighted by atomic mass is 16.5. The SMILES string of the molecule is CCc1nc2c(OCCC3CCCCC3)cccn2c1N(C)C(=O)C1CC1. The normalized spacial score (nSPS) is 18.0. The van der Waals surface area contributed by atoms with Crippen molar-refractivity contribution in [2.45, 2.75) is 64.7 Å². The lowest BCUT2D eigenvalue weighted by molar-refractivity contribution is -0.119. The molecule has 2 fully saturated rings. The van der Waals surface area contributed by atoms with Gasteiger partial charge in [-0.25, -0.2) is 4.98 Å². The van der Waals surface area contributed by atoms with Crippen molar-refractivity contribution in [1.29, 1.82) is 0 Å². The van der Waals surface area contributed by atoms with Gasteiger partial charge in [0.1, 0.15) is 5.82 Å². The van der Waals surface area contributed by atoms with Gasteiger partial charge in [-0.05, 0) is 43.7 Å². The summed E-state index contributed by atoms with van der Waals surface area (Å²) in [6, 6.07) is 3.98. The van der Waals surface area contributed by atoms with E-state index >= 15 is 0 Å². The Kier molecular flexibility index (Phi) is 5.37. The third-order valence-corrected chi connectivity index (χ3v) is 6.08. The Morgan fingerprint density at radius 1 is 1.26 bits per heavy atom. The fourth-order valence-corrected chi connectivity index (χ4v) is 4.30. The number of nitrogens with zero attached hydrogens (tertiary/aromatic N) is 3. The maximum atomic E-state index is 12.6. The number of aryl methyl sites for hydroxylation is 1. The minimum atomic E-state index is 0.195. The van der Waals surface area contributed by atoms with E-state index < -0.39 is 0 Å². The minimum absolute atomic E-state index is 0.195. The number of hydrogen-bond acceptors (Lipinski definition) is 3. The number of carbonyl (C=O) groups is 1. The number of fused-ring (bicyclic) bond motifs is 1. The van der Waals surface area contributed by atoms with Gasteiger partial charge in [0.15, 0.2) is 11.4 Å². The van der Waals surface area contributed by atoms with Crippen LogP contribution in [0.15, 0.2) is 18.3 Å². The van der Waals surface area contributed by atoms with Crippen LogP contribution in [-0.4, -0.2) is 28.9 Å². The molecule has 0 aromatic carbocycles. The van der Waals surface area contributed by atoms with Crippen LogP contribution in [0.25, 0.3) is 5.65 Å². The second kappa shape index (κ2) is 7.91. The maximum absolute atomic E-state index is 12.6. The molecule has 0 bridgehead atoms. The smallest absolute Gasteiger partial charge is 0.231 e. The summed E-state index contributed by atoms with van der Waals surface area (Å²) >= 11 is 0. The summed E-state index contributed by atoms with van der Waals surface area (Å²) in [5.74, 6) is 2.92. The number of rotatable bonds is 7. The number of hydrogen-bond donors (Lipinski definition) is 0. The number of aromatic nitrogens is 2. The van der Waals surface area contributed by atoms with Gasteiger partial charge in [-0.1, -0.05) is 39.0 Å². The highest BCUT2D eigenvalue weighted by Crippen LogP contribution is 2.35. The summed E-state index contributed by atoms with van der Waals surface area (Å²) in [7, 11) is 1.87. The Morgan fingerprint density at radius 3 is 2.74 bits per heavy atom. The van der Waals surface area contributed by atoms with Crippen molar-refractivity contribution in [3.8, 4) is 5.75 Å². The number of ether oxygens (including phenoxy) is 1. The first-order chi connectivity index (χ1) is 13.2. The van der Waals surface area contributed by atoms with E-state index in [2.05, 4.69) is 6.92 Å². The monoisotopic (exact) mass is 369 g/mol. The Hall–Kier alpha value is -2.04. The van der Waals surface area contributed by atoms with Crippen LogP contribution in [0.3, 0.4) is 0 Å². The molecule has 5 heteroatoms. The van der Waals surface area contributed by atoms with Gasteiger partial charge < -0.3 is 4.74 Å². The molecule has 27 heavy (non-hydrogen) atoms. The molecule has 2 saturated carbocycles. The standard InChI is InChI=1S/C22H31N3O2/c1-3-18-21(24(2)22(26)17-11-12-17)25-14-7-10-19(20(25)23-18)27-15-13-16-8-5-4-6-9-16/h7,10,14,16-17H,3-6,8-9,11-13,15H2,1-2H3. The molecule has 5 nitrogen and oxygen atoms in total. The number of pyridine rings is 1. The third kappa shape index (κ3) is 3.83. The Morgan fingerprint density at radius 2 is 2.04 bits per heavy atom. The molecular formula is C22H31N3O2. The van der Waals surface area contributed by atoms with E-state index in [0.717, 1.165) is 61.1 Å². The summed E-state index contributed by atoms with van der Waals surface area (Å²) in [4.78, 5) is 19.2. The van der Waals surface area contributed by atoms with Gasteiger partial charge in [0.2, 0.25) is 5.91 Å². The molecule has 0 N–H and O–H groups in total. The molecule has 2 aromatic rings. The Bertz CT molecular complexity index is 803. The van der Waals surface area contributed by atoms with E-state index in [9.17, 15) is 4.79 Å². The van der Waals surface area contributed by atoms with Crippen LogP contribution >= 0.6 is 0 Å². The van der Waals surface area contributed by atoms with E-state index in [1.165, 1.54) is 32.1 Å². The van der Waals surface area contributed by atoms with Crippen molar-refractivity contribution >= 4 is 17.4 Å². The number of anilines is 1.